The molecule has 0 aromatic carbocycles. The van der Waals surface area contributed by atoms with Crippen LogP contribution in [0.1, 0.15) is 0 Å². The topological polar surface area (TPSA) is 12.5 Å². The second kappa shape index (κ2) is 4.06. The summed E-state index contributed by atoms with van der Waals surface area (Å²) in [4.78, 5) is 0.662. The largest absolute Gasteiger partial charge is 0.379 e. The molecule has 0 radical (unpaired) electrons. The van der Waals surface area contributed by atoms with Gasteiger partial charge >= 0.3 is 6.05 Å². The van der Waals surface area contributed by atoms with Crippen LogP contribution in [0.25, 0.3) is 0 Å². The predicted octanol–water partition coefficient (Wildman–Crippen LogP) is 1.69. The van der Waals surface area contributed by atoms with Gasteiger partial charge in [0, 0.05) is 13.1 Å². The van der Waals surface area contributed by atoms with Gasteiger partial charge in [-0.05, 0) is 0 Å². The molecule has 0 unspecified atom stereocenters. The molecule has 0 atom stereocenters. The first-order valence-corrected chi connectivity index (χ1v) is 3.77. The minimum Gasteiger partial charge on any atom is -0.379 e. The lowest BCUT2D eigenvalue weighted by Crippen LogP contribution is -2.47. The minimum atomic E-state index is -3.57. The lowest BCUT2D eigenvalue weighted by Gasteiger charge is -2.31. The first-order valence-electron chi connectivity index (χ1n) is 3.77. The Morgan fingerprint density at radius 2 is 1.77 bits per heavy atom. The van der Waals surface area contributed by atoms with Crippen molar-refractivity contribution in [2.24, 2.45) is 0 Å². The zero-order valence-corrected chi connectivity index (χ0v) is 6.77. The van der Waals surface area contributed by atoms with E-state index in [1.54, 1.807) is 0 Å². The van der Waals surface area contributed by atoms with Crippen molar-refractivity contribution in [1.29, 1.82) is 0 Å². The molecular weight excluding hydrogens is 190 g/mol. The highest BCUT2D eigenvalue weighted by Gasteiger charge is 2.36. The van der Waals surface area contributed by atoms with Crippen LogP contribution in [-0.2, 0) is 4.74 Å². The lowest BCUT2D eigenvalue weighted by atomic mass is 10.3. The highest BCUT2D eigenvalue weighted by molar-refractivity contribution is 4.95. The Morgan fingerprint density at radius 1 is 1.23 bits per heavy atom. The molecule has 0 aromatic rings. The molecule has 0 amide bonds. The Bertz CT molecular complexity index is 197. The zero-order chi connectivity index (χ0) is 9.90. The molecule has 1 heterocycles. The fourth-order valence-electron chi connectivity index (χ4n) is 1.08. The van der Waals surface area contributed by atoms with Crippen LogP contribution in [0.4, 0.5) is 17.6 Å². The summed E-state index contributed by atoms with van der Waals surface area (Å²) in [5.74, 6) is 0. The molecule has 0 N–H and O–H groups in total. The maximum absolute atomic E-state index is 12.9. The SMILES string of the molecule is FC(F)=CC(F)(F)N1CCOCC1. The van der Waals surface area contributed by atoms with Gasteiger partial charge in [-0.25, -0.2) is 4.90 Å². The molecule has 76 valence electrons. The molecule has 13 heavy (non-hydrogen) atoms. The number of halogens is 4. The van der Waals surface area contributed by atoms with Crippen LogP contribution >= 0.6 is 0 Å². The number of morpholine rings is 1. The summed E-state index contributed by atoms with van der Waals surface area (Å²) in [5.41, 5.74) is 0. The number of rotatable bonds is 2. The summed E-state index contributed by atoms with van der Waals surface area (Å²) >= 11 is 0. The molecular formula is C7H9F4NO. The van der Waals surface area contributed by atoms with Crippen LogP contribution in [0.2, 0.25) is 0 Å². The first-order chi connectivity index (χ1) is 6.02. The van der Waals surface area contributed by atoms with Gasteiger partial charge in [-0.1, -0.05) is 0 Å². The van der Waals surface area contributed by atoms with E-state index in [1.165, 1.54) is 0 Å². The molecule has 0 bridgehead atoms. The van der Waals surface area contributed by atoms with Gasteiger partial charge in [-0.3, -0.25) is 0 Å². The van der Waals surface area contributed by atoms with Crippen LogP contribution in [-0.4, -0.2) is 37.2 Å². The average molecular weight is 199 g/mol. The van der Waals surface area contributed by atoms with E-state index in [-0.39, 0.29) is 32.4 Å². The third-order valence-corrected chi connectivity index (χ3v) is 1.72. The van der Waals surface area contributed by atoms with E-state index in [0.717, 1.165) is 0 Å². The maximum Gasteiger partial charge on any atom is 0.330 e. The van der Waals surface area contributed by atoms with Gasteiger partial charge in [0.2, 0.25) is 0 Å². The Kier molecular flexibility index (Phi) is 3.27. The van der Waals surface area contributed by atoms with E-state index in [9.17, 15) is 17.6 Å². The molecule has 6 heteroatoms. The summed E-state index contributed by atoms with van der Waals surface area (Å²) in [7, 11) is 0. The first kappa shape index (κ1) is 10.5. The number of hydrogen-bond donors (Lipinski definition) is 0. The highest BCUT2D eigenvalue weighted by Crippen LogP contribution is 2.24. The summed E-state index contributed by atoms with van der Waals surface area (Å²) in [5, 5.41) is 0. The van der Waals surface area contributed by atoms with Gasteiger partial charge in [0.1, 0.15) is 0 Å². The van der Waals surface area contributed by atoms with Gasteiger partial charge < -0.3 is 4.74 Å². The third-order valence-electron chi connectivity index (χ3n) is 1.72. The van der Waals surface area contributed by atoms with E-state index in [0.29, 0.717) is 4.90 Å². The summed E-state index contributed by atoms with van der Waals surface area (Å²) in [6.07, 6.45) is -2.70. The lowest BCUT2D eigenvalue weighted by molar-refractivity contribution is -0.138. The van der Waals surface area contributed by atoms with Crippen LogP contribution in [0.5, 0.6) is 0 Å². The standard InChI is InChI=1S/C7H9F4NO/c8-6(9)5-7(10,11)12-1-3-13-4-2-12/h5H,1-4H2. The second-order valence-corrected chi connectivity index (χ2v) is 2.62. The molecule has 0 aromatic heterocycles. The highest BCUT2D eigenvalue weighted by atomic mass is 19.3. The summed E-state index contributed by atoms with van der Waals surface area (Å²) in [6.45, 7) is 0.238. The molecule has 1 rings (SSSR count). The summed E-state index contributed by atoms with van der Waals surface area (Å²) in [6, 6.07) is -3.57. The molecule has 2 nitrogen and oxygen atoms in total. The van der Waals surface area contributed by atoms with Gasteiger partial charge in [-0.15, -0.1) is 0 Å². The fourth-order valence-corrected chi connectivity index (χ4v) is 1.08. The monoisotopic (exact) mass is 199 g/mol. The smallest absolute Gasteiger partial charge is 0.330 e. The van der Waals surface area contributed by atoms with Crippen LogP contribution in [0.3, 0.4) is 0 Å². The number of hydrogen-bond acceptors (Lipinski definition) is 2. The number of alkyl halides is 2. The van der Waals surface area contributed by atoms with E-state index >= 15 is 0 Å². The van der Waals surface area contributed by atoms with Gasteiger partial charge in [0.25, 0.3) is 6.08 Å². The Labute approximate surface area is 72.8 Å². The van der Waals surface area contributed by atoms with Crippen LogP contribution in [0.15, 0.2) is 12.2 Å². The third kappa shape index (κ3) is 2.96. The number of nitrogens with zero attached hydrogens (tertiary/aromatic N) is 1. The Morgan fingerprint density at radius 3 is 2.23 bits per heavy atom. The normalized spacial score (nSPS) is 20.0. The van der Waals surface area contributed by atoms with E-state index < -0.39 is 12.1 Å². The van der Waals surface area contributed by atoms with E-state index in [2.05, 4.69) is 0 Å². The number of ether oxygens (including phenoxy) is 1. The van der Waals surface area contributed by atoms with Crippen molar-refractivity contribution < 1.29 is 22.3 Å². The van der Waals surface area contributed by atoms with E-state index in [1.807, 2.05) is 0 Å². The van der Waals surface area contributed by atoms with Crippen molar-refractivity contribution in [3.8, 4) is 0 Å². The Balaban J connectivity index is 2.61. The van der Waals surface area contributed by atoms with E-state index in [4.69, 9.17) is 4.74 Å². The van der Waals surface area contributed by atoms with Crippen molar-refractivity contribution in [2.45, 2.75) is 6.05 Å². The predicted molar refractivity (Wildman–Crippen MR) is 37.6 cm³/mol. The molecule has 0 spiro atoms. The van der Waals surface area contributed by atoms with Crippen LogP contribution in [0, 0.1) is 0 Å². The molecule has 1 aliphatic rings. The second-order valence-electron chi connectivity index (χ2n) is 2.62. The molecule has 1 fully saturated rings. The zero-order valence-electron chi connectivity index (χ0n) is 6.77. The molecule has 0 aliphatic carbocycles. The van der Waals surface area contributed by atoms with Gasteiger partial charge in [0.15, 0.2) is 0 Å². The van der Waals surface area contributed by atoms with Crippen molar-refractivity contribution in [3.63, 3.8) is 0 Å². The van der Waals surface area contributed by atoms with Crippen molar-refractivity contribution in [1.82, 2.24) is 4.90 Å². The Hall–Kier alpha value is -0.620. The van der Waals surface area contributed by atoms with Crippen molar-refractivity contribution in [2.75, 3.05) is 26.3 Å². The average Bonchev–Trinajstić information content (AvgIpc) is 2.04. The molecule has 1 saturated heterocycles. The maximum atomic E-state index is 12.9. The van der Waals surface area contributed by atoms with Gasteiger partial charge in [-0.2, -0.15) is 17.6 Å². The molecule has 1 aliphatic heterocycles. The minimum absolute atomic E-state index is 0.0310. The quantitative estimate of drug-likeness (QED) is 0.495. The summed E-state index contributed by atoms with van der Waals surface area (Å²) < 4.78 is 53.8. The van der Waals surface area contributed by atoms with Crippen molar-refractivity contribution >= 4 is 0 Å². The van der Waals surface area contributed by atoms with Crippen LogP contribution < -0.4 is 0 Å². The van der Waals surface area contributed by atoms with Gasteiger partial charge in [0.05, 0.1) is 19.3 Å². The van der Waals surface area contributed by atoms with Crippen molar-refractivity contribution in [3.05, 3.63) is 12.2 Å². The molecule has 0 saturated carbocycles. The fraction of sp³-hybridized carbons (Fsp3) is 0.714.